The first-order chi connectivity index (χ1) is 9.47. The molecule has 6 heteroatoms. The number of hydrogen-bond donors (Lipinski definition) is 1. The zero-order chi connectivity index (χ0) is 14.7. The lowest BCUT2D eigenvalue weighted by Crippen LogP contribution is -2.05. The van der Waals surface area contributed by atoms with Gasteiger partial charge in [-0.1, -0.05) is 6.07 Å². The molecule has 5 nitrogen and oxygen atoms in total. The van der Waals surface area contributed by atoms with E-state index < -0.39 is 10.7 Å². The number of benzene rings is 2. The van der Waals surface area contributed by atoms with Crippen molar-refractivity contribution in [1.82, 2.24) is 0 Å². The summed E-state index contributed by atoms with van der Waals surface area (Å²) in [6.07, 6.45) is 0. The molecule has 0 radical (unpaired) electrons. The van der Waals surface area contributed by atoms with Crippen LogP contribution in [-0.2, 0) is 0 Å². The van der Waals surface area contributed by atoms with E-state index in [1.165, 1.54) is 36.4 Å². The van der Waals surface area contributed by atoms with Gasteiger partial charge in [-0.3, -0.25) is 10.1 Å². The largest absolute Gasteiger partial charge is 0.454 e. The summed E-state index contributed by atoms with van der Waals surface area (Å²) in [7, 11) is 0. The Morgan fingerprint density at radius 2 is 1.90 bits per heavy atom. The number of nitrogens with zero attached hydrogens (tertiary/aromatic N) is 1. The van der Waals surface area contributed by atoms with Crippen LogP contribution in [0.4, 0.5) is 10.1 Å². The van der Waals surface area contributed by atoms with Gasteiger partial charge in [0, 0.05) is 18.2 Å². The van der Waals surface area contributed by atoms with Crippen LogP contribution in [0.5, 0.6) is 11.5 Å². The van der Waals surface area contributed by atoms with Gasteiger partial charge in [-0.15, -0.1) is 0 Å². The summed E-state index contributed by atoms with van der Waals surface area (Å²) in [5.74, 6) is -0.163. The molecule has 0 bridgehead atoms. The fraction of sp³-hybridized carbons (Fsp3) is 0.143. The smallest absolute Gasteiger partial charge is 0.269 e. The summed E-state index contributed by atoms with van der Waals surface area (Å²) in [6.45, 7) is 1.76. The van der Waals surface area contributed by atoms with Crippen LogP contribution in [0, 0.1) is 15.9 Å². The third-order valence-electron chi connectivity index (χ3n) is 2.76. The number of halogens is 1. The predicted octanol–water partition coefficient (Wildman–Crippen LogP) is 3.55. The van der Waals surface area contributed by atoms with E-state index in [1.54, 1.807) is 13.0 Å². The van der Waals surface area contributed by atoms with Crippen molar-refractivity contribution < 1.29 is 14.1 Å². The molecular formula is C14H13FN2O3. The fourth-order valence-electron chi connectivity index (χ4n) is 1.65. The molecule has 2 rings (SSSR count). The molecule has 0 aliphatic rings. The van der Waals surface area contributed by atoms with Gasteiger partial charge < -0.3 is 10.5 Å². The maximum atomic E-state index is 13.8. The molecule has 2 N–H and O–H groups in total. The van der Waals surface area contributed by atoms with Gasteiger partial charge in [0.1, 0.15) is 5.75 Å². The van der Waals surface area contributed by atoms with Crippen LogP contribution in [0.15, 0.2) is 42.5 Å². The van der Waals surface area contributed by atoms with Gasteiger partial charge in [-0.25, -0.2) is 4.39 Å². The Morgan fingerprint density at radius 1 is 1.25 bits per heavy atom. The molecule has 2 aromatic rings. The van der Waals surface area contributed by atoms with Gasteiger partial charge in [-0.2, -0.15) is 0 Å². The van der Waals surface area contributed by atoms with Crippen LogP contribution in [0.2, 0.25) is 0 Å². The van der Waals surface area contributed by atoms with Gasteiger partial charge in [0.15, 0.2) is 11.6 Å². The molecule has 0 fully saturated rings. The van der Waals surface area contributed by atoms with E-state index in [0.717, 1.165) is 0 Å². The monoisotopic (exact) mass is 276 g/mol. The van der Waals surface area contributed by atoms with Gasteiger partial charge >= 0.3 is 0 Å². The van der Waals surface area contributed by atoms with E-state index in [4.69, 9.17) is 10.5 Å². The van der Waals surface area contributed by atoms with Crippen molar-refractivity contribution in [3.63, 3.8) is 0 Å². The Hall–Kier alpha value is -2.47. The van der Waals surface area contributed by atoms with Crippen molar-refractivity contribution in [1.29, 1.82) is 0 Å². The lowest BCUT2D eigenvalue weighted by molar-refractivity contribution is -0.384. The van der Waals surface area contributed by atoms with Gasteiger partial charge in [-0.05, 0) is 36.8 Å². The second-order valence-electron chi connectivity index (χ2n) is 4.33. The highest BCUT2D eigenvalue weighted by Gasteiger charge is 2.09. The highest BCUT2D eigenvalue weighted by molar-refractivity contribution is 5.39. The maximum Gasteiger partial charge on any atom is 0.269 e. The topological polar surface area (TPSA) is 78.4 Å². The molecular weight excluding hydrogens is 263 g/mol. The van der Waals surface area contributed by atoms with E-state index >= 15 is 0 Å². The van der Waals surface area contributed by atoms with Crippen molar-refractivity contribution in [2.75, 3.05) is 0 Å². The third-order valence-corrected chi connectivity index (χ3v) is 2.76. The molecule has 0 aromatic heterocycles. The van der Waals surface area contributed by atoms with Gasteiger partial charge in [0.2, 0.25) is 0 Å². The summed E-state index contributed by atoms with van der Waals surface area (Å²) < 4.78 is 19.2. The zero-order valence-electron chi connectivity index (χ0n) is 10.7. The number of hydrogen-bond acceptors (Lipinski definition) is 4. The van der Waals surface area contributed by atoms with E-state index in [1.807, 2.05) is 0 Å². The molecule has 20 heavy (non-hydrogen) atoms. The zero-order valence-corrected chi connectivity index (χ0v) is 10.7. The van der Waals surface area contributed by atoms with Crippen LogP contribution in [0.1, 0.15) is 18.5 Å². The van der Waals surface area contributed by atoms with Crippen molar-refractivity contribution in [2.45, 2.75) is 13.0 Å². The normalized spacial score (nSPS) is 11.9. The second-order valence-corrected chi connectivity index (χ2v) is 4.33. The van der Waals surface area contributed by atoms with E-state index in [-0.39, 0.29) is 17.5 Å². The summed E-state index contributed by atoms with van der Waals surface area (Å²) >= 11 is 0. The van der Waals surface area contributed by atoms with Crippen molar-refractivity contribution in [3.8, 4) is 11.5 Å². The standard InChI is InChI=1S/C14H13FN2O3/c1-9(16)10-2-7-14(13(15)8-10)20-12-5-3-11(4-6-12)17(18)19/h2-9H,16H2,1H3/t9-/m1/s1. The molecule has 1 atom stereocenters. The lowest BCUT2D eigenvalue weighted by Gasteiger charge is -2.10. The van der Waals surface area contributed by atoms with E-state index in [2.05, 4.69) is 0 Å². The SMILES string of the molecule is C[C@@H](N)c1ccc(Oc2ccc([N+](=O)[O-])cc2)c(F)c1. The maximum absolute atomic E-state index is 13.8. The lowest BCUT2D eigenvalue weighted by atomic mass is 10.1. The van der Waals surface area contributed by atoms with Crippen molar-refractivity contribution >= 4 is 5.69 Å². The molecule has 0 aliphatic heterocycles. The molecule has 0 amide bonds. The quantitative estimate of drug-likeness (QED) is 0.684. The minimum atomic E-state index is -0.529. The van der Waals surface area contributed by atoms with E-state index in [0.29, 0.717) is 11.3 Å². The molecule has 104 valence electrons. The number of non-ortho nitro benzene ring substituents is 1. The Kier molecular flexibility index (Phi) is 3.95. The number of nitro benzene ring substituents is 1. The first-order valence-corrected chi connectivity index (χ1v) is 5.94. The van der Waals surface area contributed by atoms with Gasteiger partial charge in [0.05, 0.1) is 4.92 Å². The summed E-state index contributed by atoms with van der Waals surface area (Å²) in [5.41, 5.74) is 6.27. The fourth-order valence-corrected chi connectivity index (χ4v) is 1.65. The van der Waals surface area contributed by atoms with E-state index in [9.17, 15) is 14.5 Å². The molecule has 0 spiro atoms. The molecule has 0 aliphatic carbocycles. The highest BCUT2D eigenvalue weighted by Crippen LogP contribution is 2.27. The molecule has 2 aromatic carbocycles. The second kappa shape index (κ2) is 5.66. The van der Waals surface area contributed by atoms with Gasteiger partial charge in [0.25, 0.3) is 5.69 Å². The summed E-state index contributed by atoms with van der Waals surface area (Å²) in [4.78, 5) is 10.0. The Balaban J connectivity index is 2.19. The van der Waals surface area contributed by atoms with Crippen molar-refractivity contribution in [2.24, 2.45) is 5.73 Å². The molecule has 0 saturated heterocycles. The Morgan fingerprint density at radius 3 is 2.40 bits per heavy atom. The van der Waals surface area contributed by atoms with Crippen LogP contribution >= 0.6 is 0 Å². The summed E-state index contributed by atoms with van der Waals surface area (Å²) in [5, 5.41) is 10.5. The third kappa shape index (κ3) is 3.10. The molecule has 0 heterocycles. The number of nitrogens with two attached hydrogens (primary N) is 1. The first kappa shape index (κ1) is 14.0. The first-order valence-electron chi connectivity index (χ1n) is 5.94. The number of nitro groups is 1. The minimum absolute atomic E-state index is 0.0447. The molecule has 0 unspecified atom stereocenters. The Bertz CT molecular complexity index is 627. The van der Waals surface area contributed by atoms with Crippen LogP contribution in [0.3, 0.4) is 0 Å². The molecule has 0 saturated carbocycles. The minimum Gasteiger partial charge on any atom is -0.454 e. The average Bonchev–Trinajstić information content (AvgIpc) is 2.41. The number of rotatable bonds is 4. The predicted molar refractivity (Wildman–Crippen MR) is 72.2 cm³/mol. The van der Waals surface area contributed by atoms with Crippen molar-refractivity contribution in [3.05, 3.63) is 64.0 Å². The van der Waals surface area contributed by atoms with Crippen LogP contribution in [-0.4, -0.2) is 4.92 Å². The van der Waals surface area contributed by atoms with Crippen LogP contribution in [0.25, 0.3) is 0 Å². The highest BCUT2D eigenvalue weighted by atomic mass is 19.1. The average molecular weight is 276 g/mol. The van der Waals surface area contributed by atoms with Crippen LogP contribution < -0.4 is 10.5 Å². The summed E-state index contributed by atoms with van der Waals surface area (Å²) in [6, 6.07) is 9.62. The Labute approximate surface area is 114 Å². The number of ether oxygens (including phenoxy) is 1.